The molecular formula is C23H18Cl2F6N4O3. The lowest BCUT2D eigenvalue weighted by Gasteiger charge is -2.33. The zero-order valence-electron chi connectivity index (χ0n) is 19.5. The molecule has 2 heterocycles. The van der Waals surface area contributed by atoms with Crippen molar-refractivity contribution in [1.29, 1.82) is 0 Å². The maximum Gasteiger partial charge on any atom is 0.416 e. The highest BCUT2D eigenvalue weighted by Gasteiger charge is 2.48. The standard InChI is InChI=1S/C23H18Cl2F6N4O3/c1-37-15-6-3-10(7-16(15)38-2)13-9-17(23(29,30)31)35-20(32-13)18(25)19(34-35)21(36)33-14-8-11(22(26,27)28)4-5-12(14)24/h3-8,13,17,32H,9H2,1-2H3,(H,33,36)/t13-,17+/m1/s1. The quantitative estimate of drug-likeness (QED) is 0.313. The van der Waals surface area contributed by atoms with Gasteiger partial charge >= 0.3 is 12.4 Å². The maximum atomic E-state index is 14.1. The molecule has 0 aliphatic carbocycles. The van der Waals surface area contributed by atoms with Gasteiger partial charge in [-0.15, -0.1) is 0 Å². The summed E-state index contributed by atoms with van der Waals surface area (Å²) in [6.07, 6.45) is -10.0. The molecule has 0 saturated carbocycles. The van der Waals surface area contributed by atoms with Gasteiger partial charge in [0.25, 0.3) is 5.91 Å². The van der Waals surface area contributed by atoms with Crippen LogP contribution in [0.1, 0.15) is 40.1 Å². The van der Waals surface area contributed by atoms with E-state index in [1.54, 1.807) is 6.07 Å². The molecule has 1 aliphatic rings. The molecular weight excluding hydrogens is 565 g/mol. The number of nitrogens with zero attached hydrogens (tertiary/aromatic N) is 2. The van der Waals surface area contributed by atoms with Crippen LogP contribution in [0.2, 0.25) is 10.0 Å². The van der Waals surface area contributed by atoms with Crippen molar-refractivity contribution >= 4 is 40.6 Å². The van der Waals surface area contributed by atoms with E-state index in [2.05, 4.69) is 15.7 Å². The Bertz CT molecular complexity index is 1380. The van der Waals surface area contributed by atoms with E-state index in [-0.39, 0.29) is 10.8 Å². The van der Waals surface area contributed by atoms with Crippen LogP contribution in [-0.4, -0.2) is 36.1 Å². The maximum absolute atomic E-state index is 14.1. The van der Waals surface area contributed by atoms with Gasteiger partial charge in [0.2, 0.25) is 0 Å². The molecule has 0 fully saturated rings. The number of carbonyl (C=O) groups is 1. The number of alkyl halides is 6. The molecule has 2 N–H and O–H groups in total. The molecule has 15 heteroatoms. The number of anilines is 2. The Morgan fingerprint density at radius 3 is 2.34 bits per heavy atom. The van der Waals surface area contributed by atoms with Gasteiger partial charge in [-0.1, -0.05) is 29.3 Å². The molecule has 0 bridgehead atoms. The Kier molecular flexibility index (Phi) is 7.36. The van der Waals surface area contributed by atoms with Crippen molar-refractivity contribution in [3.05, 3.63) is 63.3 Å². The second-order valence-corrected chi connectivity index (χ2v) is 8.99. The lowest BCUT2D eigenvalue weighted by Crippen LogP contribution is -2.35. The number of methoxy groups -OCH3 is 2. The number of hydrogen-bond donors (Lipinski definition) is 2. The third kappa shape index (κ3) is 5.30. The van der Waals surface area contributed by atoms with Crippen LogP contribution in [0.3, 0.4) is 0 Å². The van der Waals surface area contributed by atoms with Gasteiger partial charge in [0.05, 0.1) is 36.5 Å². The SMILES string of the molecule is COc1ccc([C@H]2C[C@@H](C(F)(F)F)n3nc(C(=O)Nc4cc(C(F)(F)F)ccc4Cl)c(Cl)c3N2)cc1OC. The number of amides is 1. The van der Waals surface area contributed by atoms with Gasteiger partial charge in [0, 0.05) is 6.42 Å². The van der Waals surface area contributed by atoms with Crippen LogP contribution >= 0.6 is 23.2 Å². The van der Waals surface area contributed by atoms with Gasteiger partial charge in [-0.25, -0.2) is 4.68 Å². The van der Waals surface area contributed by atoms with Crippen LogP contribution in [0.4, 0.5) is 37.8 Å². The molecule has 0 spiro atoms. The Morgan fingerprint density at radius 2 is 1.74 bits per heavy atom. The Morgan fingerprint density at radius 1 is 1.05 bits per heavy atom. The number of benzene rings is 2. The summed E-state index contributed by atoms with van der Waals surface area (Å²) in [6, 6.07) is 3.73. The molecule has 1 amide bonds. The summed E-state index contributed by atoms with van der Waals surface area (Å²) in [5, 5.41) is 8.09. The van der Waals surface area contributed by atoms with E-state index in [0.29, 0.717) is 33.9 Å². The zero-order valence-corrected chi connectivity index (χ0v) is 21.0. The largest absolute Gasteiger partial charge is 0.493 e. The fraction of sp³-hybridized carbons (Fsp3) is 0.304. The van der Waals surface area contributed by atoms with Crippen molar-refractivity contribution in [2.24, 2.45) is 0 Å². The number of aromatic nitrogens is 2. The molecule has 2 atom stereocenters. The molecule has 7 nitrogen and oxygen atoms in total. The Balaban J connectivity index is 1.71. The van der Waals surface area contributed by atoms with E-state index in [0.717, 1.165) is 6.07 Å². The number of ether oxygens (including phenoxy) is 2. The number of hydrogen-bond acceptors (Lipinski definition) is 5. The normalized spacial score (nSPS) is 17.4. The van der Waals surface area contributed by atoms with Crippen molar-refractivity contribution in [3.63, 3.8) is 0 Å². The van der Waals surface area contributed by atoms with Gasteiger partial charge in [0.15, 0.2) is 23.2 Å². The summed E-state index contributed by atoms with van der Waals surface area (Å²) < 4.78 is 92.4. The first-order valence-electron chi connectivity index (χ1n) is 10.8. The van der Waals surface area contributed by atoms with Gasteiger partial charge in [0.1, 0.15) is 10.8 Å². The van der Waals surface area contributed by atoms with Crippen molar-refractivity contribution in [1.82, 2.24) is 9.78 Å². The first-order valence-corrected chi connectivity index (χ1v) is 11.5. The monoisotopic (exact) mass is 582 g/mol. The molecule has 0 unspecified atom stereocenters. The van der Waals surface area contributed by atoms with E-state index in [1.807, 2.05) is 0 Å². The molecule has 1 aliphatic heterocycles. The zero-order chi connectivity index (χ0) is 28.0. The lowest BCUT2D eigenvalue weighted by molar-refractivity contribution is -0.173. The summed E-state index contributed by atoms with van der Waals surface area (Å²) in [5.41, 5.74) is -1.73. The van der Waals surface area contributed by atoms with Crippen molar-refractivity contribution in [3.8, 4) is 11.5 Å². The molecule has 204 valence electrons. The molecule has 0 radical (unpaired) electrons. The minimum absolute atomic E-state index is 0.230. The van der Waals surface area contributed by atoms with Crippen LogP contribution in [0, 0.1) is 0 Å². The number of nitrogens with one attached hydrogen (secondary N) is 2. The number of carbonyl (C=O) groups excluding carboxylic acids is 1. The van der Waals surface area contributed by atoms with Gasteiger partial charge in [-0.2, -0.15) is 31.4 Å². The third-order valence-electron chi connectivity index (χ3n) is 5.86. The van der Waals surface area contributed by atoms with Gasteiger partial charge in [-0.3, -0.25) is 4.79 Å². The van der Waals surface area contributed by atoms with E-state index in [4.69, 9.17) is 32.7 Å². The third-order valence-corrected chi connectivity index (χ3v) is 6.55. The lowest BCUT2D eigenvalue weighted by atomic mass is 9.96. The predicted octanol–water partition coefficient (Wildman–Crippen LogP) is 7.14. The molecule has 4 rings (SSSR count). The highest BCUT2D eigenvalue weighted by molar-refractivity contribution is 6.37. The van der Waals surface area contributed by atoms with Gasteiger partial charge in [-0.05, 0) is 35.9 Å². The Hall–Kier alpha value is -3.32. The van der Waals surface area contributed by atoms with Crippen LogP contribution in [-0.2, 0) is 6.18 Å². The fourth-order valence-corrected chi connectivity index (χ4v) is 4.43. The summed E-state index contributed by atoms with van der Waals surface area (Å²) in [6.45, 7) is 0. The van der Waals surface area contributed by atoms with E-state index in [1.165, 1.54) is 26.4 Å². The number of fused-ring (bicyclic) bond motifs is 1. The second-order valence-electron chi connectivity index (χ2n) is 8.21. The van der Waals surface area contributed by atoms with Crippen LogP contribution in [0.25, 0.3) is 0 Å². The number of halogens is 8. The molecule has 3 aromatic rings. The van der Waals surface area contributed by atoms with Crippen molar-refractivity contribution in [2.75, 3.05) is 24.9 Å². The molecule has 38 heavy (non-hydrogen) atoms. The number of rotatable bonds is 5. The molecule has 2 aromatic carbocycles. The molecule has 1 aromatic heterocycles. The summed E-state index contributed by atoms with van der Waals surface area (Å²) in [5.74, 6) is -0.780. The minimum atomic E-state index is -4.78. The highest BCUT2D eigenvalue weighted by atomic mass is 35.5. The smallest absolute Gasteiger partial charge is 0.416 e. The summed E-state index contributed by atoms with van der Waals surface area (Å²) in [4.78, 5) is 12.9. The fourth-order valence-electron chi connectivity index (χ4n) is 4.00. The van der Waals surface area contributed by atoms with E-state index in [9.17, 15) is 31.1 Å². The minimum Gasteiger partial charge on any atom is -0.493 e. The average Bonchev–Trinajstić information content (AvgIpc) is 3.19. The predicted molar refractivity (Wildman–Crippen MR) is 127 cm³/mol. The summed E-state index contributed by atoms with van der Waals surface area (Å²) >= 11 is 12.2. The molecule has 0 saturated heterocycles. The average molecular weight is 583 g/mol. The van der Waals surface area contributed by atoms with Gasteiger partial charge < -0.3 is 20.1 Å². The topological polar surface area (TPSA) is 77.4 Å². The second kappa shape index (κ2) is 10.1. The highest BCUT2D eigenvalue weighted by Crippen LogP contribution is 2.47. The van der Waals surface area contributed by atoms with E-state index < -0.39 is 58.7 Å². The first-order chi connectivity index (χ1) is 17.7. The van der Waals surface area contributed by atoms with Crippen LogP contribution in [0.5, 0.6) is 11.5 Å². The Labute approximate surface area is 221 Å². The summed E-state index contributed by atoms with van der Waals surface area (Å²) in [7, 11) is 2.79. The van der Waals surface area contributed by atoms with E-state index >= 15 is 0 Å². The van der Waals surface area contributed by atoms with Crippen LogP contribution < -0.4 is 20.1 Å². The van der Waals surface area contributed by atoms with Crippen molar-refractivity contribution < 1.29 is 40.6 Å². The van der Waals surface area contributed by atoms with Crippen LogP contribution in [0.15, 0.2) is 36.4 Å². The van der Waals surface area contributed by atoms with Crippen molar-refractivity contribution in [2.45, 2.75) is 30.9 Å². The first kappa shape index (κ1) is 27.7.